The number of hydrogen-bond acceptors (Lipinski definition) is 2. The first-order valence-electron chi connectivity index (χ1n) is 5.69. The lowest BCUT2D eigenvalue weighted by Crippen LogP contribution is -2.26. The normalized spacial score (nSPS) is 14.1. The van der Waals surface area contributed by atoms with Crippen LogP contribution in [0.4, 0.5) is 5.69 Å². The van der Waals surface area contributed by atoms with Gasteiger partial charge in [0.05, 0.1) is 25.0 Å². The highest BCUT2D eigenvalue weighted by atomic mass is 35.5. The van der Waals surface area contributed by atoms with Crippen LogP contribution in [0, 0.1) is 0 Å². The maximum Gasteiger partial charge on any atom is 0.231 e. The van der Waals surface area contributed by atoms with Crippen LogP contribution in [0.3, 0.4) is 0 Å². The van der Waals surface area contributed by atoms with E-state index in [1.165, 1.54) is 0 Å². The van der Waals surface area contributed by atoms with Gasteiger partial charge in [0, 0.05) is 24.0 Å². The Labute approximate surface area is 110 Å². The van der Waals surface area contributed by atoms with Crippen molar-refractivity contribution < 1.29 is 4.79 Å². The molecule has 0 fully saturated rings. The summed E-state index contributed by atoms with van der Waals surface area (Å²) in [5, 5.41) is 0.670. The van der Waals surface area contributed by atoms with Gasteiger partial charge >= 0.3 is 0 Å². The number of rotatable bonds is 2. The first kappa shape index (κ1) is 11.3. The molecule has 0 radical (unpaired) electrons. The molecule has 2 heterocycles. The van der Waals surface area contributed by atoms with Gasteiger partial charge in [0.15, 0.2) is 0 Å². The second kappa shape index (κ2) is 4.14. The van der Waals surface area contributed by atoms with E-state index in [9.17, 15) is 4.79 Å². The number of amides is 1. The highest BCUT2D eigenvalue weighted by Crippen LogP contribution is 2.32. The van der Waals surface area contributed by atoms with Crippen molar-refractivity contribution in [2.75, 3.05) is 4.90 Å². The summed E-state index contributed by atoms with van der Waals surface area (Å²) in [5.74, 6) is 0.105. The van der Waals surface area contributed by atoms with Gasteiger partial charge in [0.2, 0.25) is 5.91 Å². The van der Waals surface area contributed by atoms with Gasteiger partial charge < -0.3 is 9.47 Å². The van der Waals surface area contributed by atoms with Crippen LogP contribution in [0.15, 0.2) is 30.7 Å². The topological polar surface area (TPSA) is 38.1 Å². The number of benzene rings is 1. The molecule has 1 aliphatic rings. The number of halogens is 1. The molecule has 1 amide bonds. The molecular weight excluding hydrogens is 250 g/mol. The molecule has 5 heteroatoms. The molecular formula is C13H12ClN3O. The summed E-state index contributed by atoms with van der Waals surface area (Å²) >= 11 is 5.94. The van der Waals surface area contributed by atoms with Crippen LogP contribution < -0.4 is 4.90 Å². The quantitative estimate of drug-likeness (QED) is 0.831. The van der Waals surface area contributed by atoms with Crippen LogP contribution in [0.25, 0.3) is 0 Å². The van der Waals surface area contributed by atoms with Gasteiger partial charge in [0.25, 0.3) is 0 Å². The second-order valence-corrected chi connectivity index (χ2v) is 4.86. The monoisotopic (exact) mass is 261 g/mol. The van der Waals surface area contributed by atoms with E-state index in [1.807, 2.05) is 29.8 Å². The van der Waals surface area contributed by atoms with Crippen molar-refractivity contribution >= 4 is 23.2 Å². The summed E-state index contributed by atoms with van der Waals surface area (Å²) < 4.78 is 1.92. The van der Waals surface area contributed by atoms with Crippen LogP contribution in [0.1, 0.15) is 11.3 Å². The molecule has 1 aliphatic heterocycles. The third-order valence-electron chi connectivity index (χ3n) is 3.21. The Morgan fingerprint density at radius 2 is 2.28 bits per heavy atom. The summed E-state index contributed by atoms with van der Waals surface area (Å²) in [6, 6.07) is 5.58. The number of aromatic nitrogens is 2. The predicted octanol–water partition coefficient (Wildman–Crippen LogP) is 2.16. The minimum absolute atomic E-state index is 0.105. The lowest BCUT2D eigenvalue weighted by Gasteiger charge is -2.17. The lowest BCUT2D eigenvalue weighted by molar-refractivity contribution is -0.117. The molecule has 0 aliphatic carbocycles. The number of carbonyl (C=O) groups is 1. The third kappa shape index (κ3) is 1.78. The van der Waals surface area contributed by atoms with Gasteiger partial charge in [0.1, 0.15) is 0 Å². The van der Waals surface area contributed by atoms with Gasteiger partial charge in [-0.05, 0) is 23.8 Å². The smallest absolute Gasteiger partial charge is 0.231 e. The number of imidazole rings is 1. The molecule has 0 unspecified atom stereocenters. The van der Waals surface area contributed by atoms with Crippen molar-refractivity contribution in [2.24, 2.45) is 7.05 Å². The number of aryl methyl sites for hydroxylation is 1. The Kier molecular flexibility index (Phi) is 2.59. The van der Waals surface area contributed by atoms with E-state index in [4.69, 9.17) is 11.6 Å². The molecule has 18 heavy (non-hydrogen) atoms. The minimum Gasteiger partial charge on any atom is -0.336 e. The summed E-state index contributed by atoms with van der Waals surface area (Å²) in [6.45, 7) is 0.546. The van der Waals surface area contributed by atoms with Gasteiger partial charge in [-0.25, -0.2) is 4.98 Å². The predicted molar refractivity (Wildman–Crippen MR) is 69.6 cm³/mol. The van der Waals surface area contributed by atoms with Crippen LogP contribution in [0.5, 0.6) is 0 Å². The molecule has 0 bridgehead atoms. The molecule has 0 N–H and O–H groups in total. The number of anilines is 1. The van der Waals surface area contributed by atoms with Gasteiger partial charge in [-0.15, -0.1) is 0 Å². The highest BCUT2D eigenvalue weighted by Gasteiger charge is 2.27. The number of fused-ring (bicyclic) bond motifs is 1. The minimum atomic E-state index is 0.105. The molecule has 0 spiro atoms. The summed E-state index contributed by atoms with van der Waals surface area (Å²) in [7, 11) is 1.92. The zero-order valence-corrected chi connectivity index (χ0v) is 10.7. The second-order valence-electron chi connectivity index (χ2n) is 4.43. The lowest BCUT2D eigenvalue weighted by atomic mass is 10.2. The maximum atomic E-state index is 12.0. The van der Waals surface area contributed by atoms with E-state index in [0.717, 1.165) is 16.9 Å². The SMILES string of the molecule is Cn1cncc1CN1C(=O)Cc2cc(Cl)ccc21. The molecule has 0 saturated carbocycles. The molecule has 4 nitrogen and oxygen atoms in total. The van der Waals surface area contributed by atoms with E-state index in [1.54, 1.807) is 17.4 Å². The molecule has 3 rings (SSSR count). The molecule has 0 atom stereocenters. The van der Waals surface area contributed by atoms with Gasteiger partial charge in [-0.2, -0.15) is 0 Å². The van der Waals surface area contributed by atoms with Crippen molar-refractivity contribution in [1.29, 1.82) is 0 Å². The van der Waals surface area contributed by atoms with Crippen molar-refractivity contribution in [3.05, 3.63) is 47.0 Å². The van der Waals surface area contributed by atoms with Gasteiger partial charge in [-0.1, -0.05) is 11.6 Å². The van der Waals surface area contributed by atoms with E-state index in [2.05, 4.69) is 4.98 Å². The van der Waals surface area contributed by atoms with E-state index in [0.29, 0.717) is 18.0 Å². The molecule has 92 valence electrons. The Morgan fingerprint density at radius 1 is 1.44 bits per heavy atom. The van der Waals surface area contributed by atoms with Crippen molar-refractivity contribution in [3.63, 3.8) is 0 Å². The first-order valence-corrected chi connectivity index (χ1v) is 6.07. The van der Waals surface area contributed by atoms with Gasteiger partial charge in [-0.3, -0.25) is 4.79 Å². The summed E-state index contributed by atoms with van der Waals surface area (Å²) in [4.78, 5) is 17.9. The first-order chi connectivity index (χ1) is 8.65. The van der Waals surface area contributed by atoms with E-state index < -0.39 is 0 Å². The zero-order valence-electron chi connectivity index (χ0n) is 9.93. The highest BCUT2D eigenvalue weighted by molar-refractivity contribution is 6.30. The molecule has 0 saturated heterocycles. The molecule has 2 aromatic rings. The van der Waals surface area contributed by atoms with Crippen LogP contribution in [-0.2, 0) is 24.8 Å². The Balaban J connectivity index is 1.95. The summed E-state index contributed by atoms with van der Waals surface area (Å²) in [6.07, 6.45) is 3.94. The Bertz CT molecular complexity index is 620. The van der Waals surface area contributed by atoms with Crippen molar-refractivity contribution in [3.8, 4) is 0 Å². The summed E-state index contributed by atoms with van der Waals surface area (Å²) in [5.41, 5.74) is 2.95. The van der Waals surface area contributed by atoms with Crippen LogP contribution in [0.2, 0.25) is 5.02 Å². The van der Waals surface area contributed by atoms with Crippen molar-refractivity contribution in [2.45, 2.75) is 13.0 Å². The average molecular weight is 262 g/mol. The van der Waals surface area contributed by atoms with Crippen LogP contribution >= 0.6 is 11.6 Å². The fourth-order valence-corrected chi connectivity index (χ4v) is 2.42. The standard InChI is InChI=1S/C13H12ClN3O/c1-16-8-15-6-11(16)7-17-12-3-2-10(14)4-9(12)5-13(17)18/h2-4,6,8H,5,7H2,1H3. The zero-order chi connectivity index (χ0) is 12.7. The number of carbonyl (C=O) groups excluding carboxylic acids is 1. The fraction of sp³-hybridized carbons (Fsp3) is 0.231. The van der Waals surface area contributed by atoms with E-state index in [-0.39, 0.29) is 5.91 Å². The number of nitrogens with zero attached hydrogens (tertiary/aromatic N) is 3. The van der Waals surface area contributed by atoms with E-state index >= 15 is 0 Å². The Morgan fingerprint density at radius 3 is 3.00 bits per heavy atom. The molecule has 1 aromatic heterocycles. The van der Waals surface area contributed by atoms with Crippen molar-refractivity contribution in [1.82, 2.24) is 9.55 Å². The Hall–Kier alpha value is -1.81. The maximum absolute atomic E-state index is 12.0. The molecule has 1 aromatic carbocycles. The van der Waals surface area contributed by atoms with Crippen LogP contribution in [-0.4, -0.2) is 15.5 Å². The third-order valence-corrected chi connectivity index (χ3v) is 3.45. The average Bonchev–Trinajstić information content (AvgIpc) is 2.85. The largest absolute Gasteiger partial charge is 0.336 e. The number of hydrogen-bond donors (Lipinski definition) is 0. The fourth-order valence-electron chi connectivity index (χ4n) is 2.22.